The van der Waals surface area contributed by atoms with E-state index in [1.807, 2.05) is 0 Å². The lowest BCUT2D eigenvalue weighted by Crippen LogP contribution is -2.30. The van der Waals surface area contributed by atoms with Gasteiger partial charge in [-0.05, 0) is 12.2 Å². The molecular formula is C8H15BO3. The van der Waals surface area contributed by atoms with Crippen LogP contribution in [0.5, 0.6) is 0 Å². The standard InChI is InChI=1S/C8H15BO3/c1-11-4-5-3-6(9)7(10)8(5)12-2/h5-8,10H,3-4H2,1-2H3/t5-,6-,7-,8?/m1/s1. The summed E-state index contributed by atoms with van der Waals surface area (Å²) in [5, 5.41) is 9.55. The molecule has 0 amide bonds. The molecule has 4 atom stereocenters. The topological polar surface area (TPSA) is 38.7 Å². The van der Waals surface area contributed by atoms with Gasteiger partial charge in [-0.25, -0.2) is 0 Å². The number of aliphatic hydroxyl groups excluding tert-OH is 1. The Hall–Kier alpha value is -0.0551. The highest BCUT2D eigenvalue weighted by atomic mass is 16.5. The van der Waals surface area contributed by atoms with Crippen LogP contribution in [0, 0.1) is 5.92 Å². The Morgan fingerprint density at radius 1 is 1.50 bits per heavy atom. The van der Waals surface area contributed by atoms with Crippen LogP contribution in [-0.4, -0.2) is 46.0 Å². The van der Waals surface area contributed by atoms with Crippen molar-refractivity contribution in [2.24, 2.45) is 5.92 Å². The van der Waals surface area contributed by atoms with Crippen molar-refractivity contribution in [1.29, 1.82) is 0 Å². The lowest BCUT2D eigenvalue weighted by atomic mass is 9.84. The highest BCUT2D eigenvalue weighted by Crippen LogP contribution is 2.35. The molecular weight excluding hydrogens is 155 g/mol. The number of aliphatic hydroxyl groups is 1. The molecule has 4 heteroatoms. The largest absolute Gasteiger partial charge is 0.391 e. The van der Waals surface area contributed by atoms with Gasteiger partial charge in [0, 0.05) is 20.1 Å². The first kappa shape index (κ1) is 10.0. The third-order valence-electron chi connectivity index (χ3n) is 2.47. The summed E-state index contributed by atoms with van der Waals surface area (Å²) in [6.45, 7) is 0.600. The number of ether oxygens (including phenoxy) is 2. The fraction of sp³-hybridized carbons (Fsp3) is 1.00. The van der Waals surface area contributed by atoms with Crippen molar-refractivity contribution in [3.05, 3.63) is 0 Å². The second-order valence-electron chi connectivity index (χ2n) is 3.31. The molecule has 0 aromatic rings. The Kier molecular flexibility index (Phi) is 3.56. The predicted octanol–water partition coefficient (Wildman–Crippen LogP) is -0.0144. The Bertz CT molecular complexity index is 142. The zero-order valence-electron chi connectivity index (χ0n) is 7.56. The fourth-order valence-electron chi connectivity index (χ4n) is 1.85. The van der Waals surface area contributed by atoms with Crippen molar-refractivity contribution >= 4 is 7.85 Å². The number of rotatable bonds is 3. The summed E-state index contributed by atoms with van der Waals surface area (Å²) in [7, 11) is 8.91. The third-order valence-corrected chi connectivity index (χ3v) is 2.47. The normalized spacial score (nSPS) is 41.9. The number of hydrogen-bond donors (Lipinski definition) is 1. The average molecular weight is 170 g/mol. The molecule has 0 saturated heterocycles. The van der Waals surface area contributed by atoms with Crippen LogP contribution >= 0.6 is 0 Å². The summed E-state index contributed by atoms with van der Waals surface area (Å²) in [5.41, 5.74) is 0. The molecule has 0 spiro atoms. The Morgan fingerprint density at radius 2 is 2.17 bits per heavy atom. The van der Waals surface area contributed by atoms with Crippen LogP contribution in [0.3, 0.4) is 0 Å². The minimum Gasteiger partial charge on any atom is -0.391 e. The van der Waals surface area contributed by atoms with Crippen LogP contribution in [0.1, 0.15) is 6.42 Å². The monoisotopic (exact) mass is 170 g/mol. The predicted molar refractivity (Wildman–Crippen MR) is 46.3 cm³/mol. The fourth-order valence-corrected chi connectivity index (χ4v) is 1.85. The van der Waals surface area contributed by atoms with E-state index in [4.69, 9.17) is 17.3 Å². The average Bonchev–Trinajstić information content (AvgIpc) is 2.29. The van der Waals surface area contributed by atoms with E-state index in [0.29, 0.717) is 6.61 Å². The number of hydrogen-bond acceptors (Lipinski definition) is 3. The Morgan fingerprint density at radius 3 is 2.67 bits per heavy atom. The first-order valence-corrected chi connectivity index (χ1v) is 4.16. The van der Waals surface area contributed by atoms with E-state index in [9.17, 15) is 5.11 Å². The Balaban J connectivity index is 2.52. The van der Waals surface area contributed by atoms with Crippen molar-refractivity contribution < 1.29 is 14.6 Å². The van der Waals surface area contributed by atoms with E-state index in [1.54, 1.807) is 14.2 Å². The van der Waals surface area contributed by atoms with Crippen molar-refractivity contribution in [3.8, 4) is 0 Å². The second kappa shape index (κ2) is 4.26. The maximum Gasteiger partial charge on any atom is 0.0875 e. The van der Waals surface area contributed by atoms with E-state index < -0.39 is 6.10 Å². The van der Waals surface area contributed by atoms with Gasteiger partial charge in [-0.3, -0.25) is 0 Å². The van der Waals surface area contributed by atoms with E-state index >= 15 is 0 Å². The van der Waals surface area contributed by atoms with Gasteiger partial charge in [0.1, 0.15) is 0 Å². The third kappa shape index (κ3) is 1.81. The maximum atomic E-state index is 9.55. The molecule has 1 rings (SSSR count). The van der Waals surface area contributed by atoms with Gasteiger partial charge in [0.25, 0.3) is 0 Å². The molecule has 0 aromatic carbocycles. The van der Waals surface area contributed by atoms with Gasteiger partial charge in [0.05, 0.1) is 26.7 Å². The molecule has 1 saturated carbocycles. The van der Waals surface area contributed by atoms with Crippen LogP contribution in [0.15, 0.2) is 0 Å². The lowest BCUT2D eigenvalue weighted by Gasteiger charge is -2.20. The van der Waals surface area contributed by atoms with E-state index in [1.165, 1.54) is 0 Å². The molecule has 0 heterocycles. The summed E-state index contributed by atoms with van der Waals surface area (Å²) < 4.78 is 10.2. The molecule has 0 aliphatic heterocycles. The lowest BCUT2D eigenvalue weighted by molar-refractivity contribution is -0.0288. The van der Waals surface area contributed by atoms with Crippen molar-refractivity contribution in [2.45, 2.75) is 24.4 Å². The van der Waals surface area contributed by atoms with Gasteiger partial charge >= 0.3 is 0 Å². The van der Waals surface area contributed by atoms with Gasteiger partial charge in [-0.15, -0.1) is 0 Å². The maximum absolute atomic E-state index is 9.55. The van der Waals surface area contributed by atoms with Gasteiger partial charge in [-0.1, -0.05) is 0 Å². The zero-order chi connectivity index (χ0) is 9.14. The van der Waals surface area contributed by atoms with Crippen LogP contribution in [0.25, 0.3) is 0 Å². The van der Waals surface area contributed by atoms with Crippen LogP contribution in [0.2, 0.25) is 5.82 Å². The molecule has 12 heavy (non-hydrogen) atoms. The van der Waals surface area contributed by atoms with Gasteiger partial charge < -0.3 is 14.6 Å². The van der Waals surface area contributed by atoms with E-state index in [0.717, 1.165) is 6.42 Å². The zero-order valence-corrected chi connectivity index (χ0v) is 7.56. The molecule has 2 radical (unpaired) electrons. The van der Waals surface area contributed by atoms with E-state index in [-0.39, 0.29) is 17.8 Å². The highest BCUT2D eigenvalue weighted by Gasteiger charge is 2.39. The highest BCUT2D eigenvalue weighted by molar-refractivity contribution is 6.12. The molecule has 1 N–H and O–H groups in total. The van der Waals surface area contributed by atoms with Crippen LogP contribution < -0.4 is 0 Å². The molecule has 1 fully saturated rings. The van der Waals surface area contributed by atoms with E-state index in [2.05, 4.69) is 0 Å². The number of methoxy groups -OCH3 is 2. The minimum atomic E-state index is -0.546. The molecule has 0 bridgehead atoms. The summed E-state index contributed by atoms with van der Waals surface area (Å²) in [4.78, 5) is 0. The molecule has 1 unspecified atom stereocenters. The smallest absolute Gasteiger partial charge is 0.0875 e. The SMILES string of the molecule is [B][C@@H]1C[C@H](COC)C(OC)[C@@H]1O. The summed E-state index contributed by atoms with van der Waals surface area (Å²) >= 11 is 0. The Labute approximate surface area is 74.5 Å². The van der Waals surface area contributed by atoms with Crippen LogP contribution in [0.4, 0.5) is 0 Å². The molecule has 1 aliphatic rings. The molecule has 68 valence electrons. The molecule has 0 aromatic heterocycles. The summed E-state index contributed by atoms with van der Waals surface area (Å²) in [6.07, 6.45) is 0.0585. The minimum absolute atomic E-state index is 0.167. The van der Waals surface area contributed by atoms with Gasteiger partial charge in [-0.2, -0.15) is 0 Å². The van der Waals surface area contributed by atoms with Crippen LogP contribution in [-0.2, 0) is 9.47 Å². The van der Waals surface area contributed by atoms with Gasteiger partial charge in [0.15, 0.2) is 0 Å². The quantitative estimate of drug-likeness (QED) is 0.605. The van der Waals surface area contributed by atoms with Crippen molar-refractivity contribution in [3.63, 3.8) is 0 Å². The molecule has 1 aliphatic carbocycles. The summed E-state index contributed by atoms with van der Waals surface area (Å²) in [6, 6.07) is 0. The molecule has 3 nitrogen and oxygen atoms in total. The van der Waals surface area contributed by atoms with Crippen molar-refractivity contribution in [1.82, 2.24) is 0 Å². The van der Waals surface area contributed by atoms with Gasteiger partial charge in [0.2, 0.25) is 0 Å². The summed E-state index contributed by atoms with van der Waals surface area (Å²) in [5.74, 6) is 0.0556. The first-order chi connectivity index (χ1) is 5.70. The second-order valence-corrected chi connectivity index (χ2v) is 3.31. The first-order valence-electron chi connectivity index (χ1n) is 4.16. The van der Waals surface area contributed by atoms with Crippen molar-refractivity contribution in [2.75, 3.05) is 20.8 Å².